The number of rotatable bonds is 8. The minimum Gasteiger partial charge on any atom is -0.491 e. The van der Waals surface area contributed by atoms with Crippen molar-refractivity contribution in [3.05, 3.63) is 87.4 Å². The van der Waals surface area contributed by atoms with Crippen LogP contribution in [-0.2, 0) is 11.2 Å². The van der Waals surface area contributed by atoms with Crippen molar-refractivity contribution in [1.29, 1.82) is 0 Å². The number of nitrogens with zero attached hydrogens (tertiary/aromatic N) is 2. The highest BCUT2D eigenvalue weighted by Gasteiger charge is 2.34. The molecule has 0 radical (unpaired) electrons. The maximum absolute atomic E-state index is 13.8. The molecule has 2 atom stereocenters. The number of hydrogen-bond donors (Lipinski definition) is 0. The molecule has 2 heterocycles. The Balaban J connectivity index is 1.54. The second kappa shape index (κ2) is 11.0. The van der Waals surface area contributed by atoms with E-state index in [9.17, 15) is 14.0 Å². The van der Waals surface area contributed by atoms with E-state index in [0.29, 0.717) is 19.6 Å². The van der Waals surface area contributed by atoms with Gasteiger partial charge in [-0.05, 0) is 74.0 Å². The third-order valence-electron chi connectivity index (χ3n) is 6.60. The molecule has 1 aromatic heterocycles. The minimum atomic E-state index is -0.472. The van der Waals surface area contributed by atoms with Crippen LogP contribution in [0.4, 0.5) is 4.39 Å². The average Bonchev–Trinajstić information content (AvgIpc) is 3.35. The molecular weight excluding hydrogens is 463 g/mol. The molecule has 0 aliphatic carbocycles. The molecule has 35 heavy (non-hydrogen) atoms. The Kier molecular flexibility index (Phi) is 7.86. The van der Waals surface area contributed by atoms with Crippen LogP contribution in [0.15, 0.2) is 60.0 Å². The summed E-state index contributed by atoms with van der Waals surface area (Å²) in [6, 6.07) is 15.1. The van der Waals surface area contributed by atoms with Gasteiger partial charge in [-0.15, -0.1) is 11.3 Å². The molecule has 4 rings (SSSR count). The highest BCUT2D eigenvalue weighted by Crippen LogP contribution is 2.34. The van der Waals surface area contributed by atoms with Gasteiger partial charge in [0, 0.05) is 23.0 Å². The Morgan fingerprint density at radius 3 is 2.69 bits per heavy atom. The van der Waals surface area contributed by atoms with E-state index in [1.165, 1.54) is 23.1 Å². The molecule has 2 amide bonds. The van der Waals surface area contributed by atoms with Crippen LogP contribution in [0.5, 0.6) is 5.75 Å². The molecule has 0 bridgehead atoms. The molecule has 0 N–H and O–H groups in total. The van der Waals surface area contributed by atoms with Crippen LogP contribution in [0, 0.1) is 12.7 Å². The molecule has 0 saturated heterocycles. The first kappa shape index (κ1) is 24.9. The van der Waals surface area contributed by atoms with Crippen molar-refractivity contribution >= 4 is 23.2 Å². The summed E-state index contributed by atoms with van der Waals surface area (Å²) in [4.78, 5) is 31.5. The Morgan fingerprint density at radius 1 is 1.20 bits per heavy atom. The summed E-state index contributed by atoms with van der Waals surface area (Å²) in [6.07, 6.45) is 1.46. The summed E-state index contributed by atoms with van der Waals surface area (Å²) in [5.41, 5.74) is 2.50. The Morgan fingerprint density at radius 2 is 1.97 bits per heavy atom. The number of benzene rings is 2. The van der Waals surface area contributed by atoms with Gasteiger partial charge in [0.05, 0.1) is 6.04 Å². The summed E-state index contributed by atoms with van der Waals surface area (Å²) in [7, 11) is 0. The molecule has 0 fully saturated rings. The SMILES string of the molecule is CC[C@H](C)N(CC(=O)N1CCc2sccc2[C@H]1COc1ccc(C)cc1)C(=O)c1cccc(F)c1. The first-order valence-electron chi connectivity index (χ1n) is 12.0. The zero-order valence-corrected chi connectivity index (χ0v) is 21.2. The van der Waals surface area contributed by atoms with Gasteiger partial charge >= 0.3 is 0 Å². The molecule has 5 nitrogen and oxygen atoms in total. The van der Waals surface area contributed by atoms with Crippen molar-refractivity contribution in [2.45, 2.75) is 45.7 Å². The molecule has 7 heteroatoms. The van der Waals surface area contributed by atoms with Crippen LogP contribution < -0.4 is 4.74 Å². The van der Waals surface area contributed by atoms with E-state index < -0.39 is 5.82 Å². The number of amides is 2. The maximum Gasteiger partial charge on any atom is 0.254 e. The fourth-order valence-electron chi connectivity index (χ4n) is 4.36. The quantitative estimate of drug-likeness (QED) is 0.407. The molecule has 1 aliphatic heterocycles. The van der Waals surface area contributed by atoms with Gasteiger partial charge in [-0.1, -0.05) is 30.7 Å². The molecule has 3 aromatic rings. The van der Waals surface area contributed by atoms with Gasteiger partial charge in [-0.3, -0.25) is 9.59 Å². The fourth-order valence-corrected chi connectivity index (χ4v) is 5.28. The molecular formula is C28H31FN2O3S. The Bertz CT molecular complexity index is 1180. The third-order valence-corrected chi connectivity index (χ3v) is 7.60. The predicted molar refractivity (Wildman–Crippen MR) is 136 cm³/mol. The van der Waals surface area contributed by atoms with Crippen molar-refractivity contribution in [3.8, 4) is 5.75 Å². The van der Waals surface area contributed by atoms with Gasteiger partial charge in [0.15, 0.2) is 0 Å². The smallest absolute Gasteiger partial charge is 0.254 e. The van der Waals surface area contributed by atoms with Gasteiger partial charge < -0.3 is 14.5 Å². The lowest BCUT2D eigenvalue weighted by molar-refractivity contribution is -0.136. The van der Waals surface area contributed by atoms with Crippen LogP contribution in [0.25, 0.3) is 0 Å². The van der Waals surface area contributed by atoms with Crippen LogP contribution in [0.1, 0.15) is 52.7 Å². The van der Waals surface area contributed by atoms with E-state index in [0.717, 1.165) is 23.3 Å². The summed E-state index contributed by atoms with van der Waals surface area (Å²) in [6.45, 7) is 6.74. The van der Waals surface area contributed by atoms with E-state index in [-0.39, 0.29) is 36.0 Å². The first-order chi connectivity index (χ1) is 16.9. The van der Waals surface area contributed by atoms with Gasteiger partial charge in [0.25, 0.3) is 5.91 Å². The molecule has 0 spiro atoms. The summed E-state index contributed by atoms with van der Waals surface area (Å²) in [5, 5.41) is 2.05. The van der Waals surface area contributed by atoms with Crippen LogP contribution in [-0.4, -0.2) is 47.4 Å². The van der Waals surface area contributed by atoms with E-state index >= 15 is 0 Å². The lowest BCUT2D eigenvalue weighted by atomic mass is 10.00. The van der Waals surface area contributed by atoms with Crippen molar-refractivity contribution in [3.63, 3.8) is 0 Å². The Labute approximate surface area is 210 Å². The number of hydrogen-bond acceptors (Lipinski definition) is 4. The molecule has 0 unspecified atom stereocenters. The van der Waals surface area contributed by atoms with Gasteiger partial charge in [0.1, 0.15) is 24.7 Å². The number of carbonyl (C=O) groups excluding carboxylic acids is 2. The number of halogens is 1. The van der Waals surface area contributed by atoms with Gasteiger partial charge in [-0.25, -0.2) is 4.39 Å². The van der Waals surface area contributed by atoms with Crippen LogP contribution in [0.3, 0.4) is 0 Å². The number of thiophene rings is 1. The normalized spacial score (nSPS) is 15.9. The second-order valence-electron chi connectivity index (χ2n) is 8.98. The number of aryl methyl sites for hydroxylation is 1. The number of fused-ring (bicyclic) bond motifs is 1. The third kappa shape index (κ3) is 5.73. The van der Waals surface area contributed by atoms with E-state index in [2.05, 4.69) is 11.4 Å². The van der Waals surface area contributed by atoms with Crippen molar-refractivity contribution in [2.75, 3.05) is 19.7 Å². The standard InChI is InChI=1S/C28H31FN2O3S/c1-4-20(3)31(28(33)21-6-5-7-22(29)16-21)17-27(32)30-14-12-26-24(13-15-35-26)25(30)18-34-23-10-8-19(2)9-11-23/h5-11,13,15-16,20,25H,4,12,14,17-18H2,1-3H3/t20-,25+/m0/s1. The topological polar surface area (TPSA) is 49.9 Å². The number of carbonyl (C=O) groups is 2. The van der Waals surface area contributed by atoms with E-state index in [1.54, 1.807) is 22.3 Å². The highest BCUT2D eigenvalue weighted by molar-refractivity contribution is 7.10. The summed E-state index contributed by atoms with van der Waals surface area (Å²) < 4.78 is 19.9. The fraction of sp³-hybridized carbons (Fsp3) is 0.357. The Hall–Kier alpha value is -3.19. The van der Waals surface area contributed by atoms with Crippen LogP contribution >= 0.6 is 11.3 Å². The molecule has 0 saturated carbocycles. The number of ether oxygens (including phenoxy) is 1. The zero-order chi connectivity index (χ0) is 24.9. The minimum absolute atomic E-state index is 0.0646. The zero-order valence-electron chi connectivity index (χ0n) is 20.4. The molecule has 2 aromatic carbocycles. The van der Waals surface area contributed by atoms with Crippen molar-refractivity contribution in [1.82, 2.24) is 9.80 Å². The largest absolute Gasteiger partial charge is 0.491 e. The van der Waals surface area contributed by atoms with E-state index in [1.807, 2.05) is 49.9 Å². The summed E-state index contributed by atoms with van der Waals surface area (Å²) in [5.74, 6) is -0.189. The van der Waals surface area contributed by atoms with Gasteiger partial charge in [-0.2, -0.15) is 0 Å². The molecule has 1 aliphatic rings. The summed E-state index contributed by atoms with van der Waals surface area (Å²) >= 11 is 1.70. The molecule has 184 valence electrons. The van der Waals surface area contributed by atoms with Crippen LogP contribution in [0.2, 0.25) is 0 Å². The van der Waals surface area contributed by atoms with Gasteiger partial charge in [0.2, 0.25) is 5.91 Å². The predicted octanol–water partition coefficient (Wildman–Crippen LogP) is 5.64. The van der Waals surface area contributed by atoms with Crippen molar-refractivity contribution in [2.24, 2.45) is 0 Å². The average molecular weight is 495 g/mol. The lowest BCUT2D eigenvalue weighted by Crippen LogP contribution is -2.49. The van der Waals surface area contributed by atoms with E-state index in [4.69, 9.17) is 4.74 Å². The maximum atomic E-state index is 13.8. The van der Waals surface area contributed by atoms with Crippen molar-refractivity contribution < 1.29 is 18.7 Å². The highest BCUT2D eigenvalue weighted by atomic mass is 32.1. The second-order valence-corrected chi connectivity index (χ2v) is 9.98. The first-order valence-corrected chi connectivity index (χ1v) is 12.9. The monoisotopic (exact) mass is 494 g/mol. The lowest BCUT2D eigenvalue weighted by Gasteiger charge is -2.38.